The summed E-state index contributed by atoms with van der Waals surface area (Å²) in [5.41, 5.74) is -0.295. The number of rotatable bonds is 16. The number of likely N-dealkylation sites (tertiary alicyclic amines) is 1. The molecule has 0 bridgehead atoms. The van der Waals surface area contributed by atoms with Crippen LogP contribution in [0.4, 0.5) is 5.13 Å². The van der Waals surface area contributed by atoms with Crippen LogP contribution in [0, 0.1) is 41.1 Å². The van der Waals surface area contributed by atoms with Crippen molar-refractivity contribution < 1.29 is 38.1 Å². The van der Waals surface area contributed by atoms with Crippen LogP contribution in [0.3, 0.4) is 0 Å². The average Bonchev–Trinajstić information content (AvgIpc) is 3.85. The summed E-state index contributed by atoms with van der Waals surface area (Å²) in [6, 6.07) is 4.37. The summed E-state index contributed by atoms with van der Waals surface area (Å²) in [6.45, 7) is 20.6. The van der Waals surface area contributed by atoms with Crippen LogP contribution in [0.1, 0.15) is 79.6 Å². The number of methoxy groups -OCH3 is 1. The Bertz CT molecular complexity index is 2190. The van der Waals surface area contributed by atoms with E-state index in [0.29, 0.717) is 51.4 Å². The number of carbonyl (C=O) groups excluding carboxylic acids is 4. The van der Waals surface area contributed by atoms with Crippen molar-refractivity contribution in [3.05, 3.63) is 52.7 Å². The molecule has 4 fully saturated rings. The molecule has 15 heteroatoms. The maximum Gasteiger partial charge on any atom is 0.357 e. The lowest BCUT2D eigenvalue weighted by Crippen LogP contribution is -2.48. The number of allylic oxidation sites excluding steroid dienone is 1. The highest BCUT2D eigenvalue weighted by atomic mass is 35.5. The van der Waals surface area contributed by atoms with Crippen LogP contribution >= 0.6 is 22.9 Å². The first-order valence-corrected chi connectivity index (χ1v) is 21.5. The number of hydrogen-bond donors (Lipinski definition) is 1. The Balaban J connectivity index is 1.22. The second-order valence-electron chi connectivity index (χ2n) is 17.8. The van der Waals surface area contributed by atoms with Gasteiger partial charge in [-0.15, -0.1) is 17.9 Å². The van der Waals surface area contributed by atoms with Crippen LogP contribution in [0.5, 0.6) is 11.5 Å². The zero-order chi connectivity index (χ0) is 42.4. The topological polar surface area (TPSA) is 151 Å². The molecule has 3 aliphatic carbocycles. The molecule has 1 aromatic carbocycles. The number of aromatic nitrogens is 2. The third-order valence-corrected chi connectivity index (χ3v) is 13.4. The van der Waals surface area contributed by atoms with Crippen LogP contribution < -0.4 is 14.8 Å². The van der Waals surface area contributed by atoms with Crippen molar-refractivity contribution in [2.75, 3.05) is 25.7 Å². The Morgan fingerprint density at radius 3 is 2.49 bits per heavy atom. The summed E-state index contributed by atoms with van der Waals surface area (Å²) in [7, 11) is 1.30. The minimum Gasteiger partial charge on any atom is -0.488 e. The van der Waals surface area contributed by atoms with Gasteiger partial charge < -0.3 is 29.2 Å². The number of halogens is 1. The third-order valence-electron chi connectivity index (χ3n) is 12.2. The molecule has 2 aromatic heterocycles. The van der Waals surface area contributed by atoms with Gasteiger partial charge in [-0.2, -0.15) is 0 Å². The Hall–Kier alpha value is -4.74. The van der Waals surface area contributed by atoms with Crippen molar-refractivity contribution in [1.82, 2.24) is 14.9 Å². The molecule has 1 saturated heterocycles. The maximum absolute atomic E-state index is 14.9. The highest BCUT2D eigenvalue weighted by Crippen LogP contribution is 2.57. The number of Topliss-reactive ketones (excluding diaryl/α,β-unsaturated/α-hetero) is 1. The number of carbonyl (C=O) groups is 4. The van der Waals surface area contributed by atoms with Gasteiger partial charge in [0.25, 0.3) is 0 Å². The van der Waals surface area contributed by atoms with Crippen LogP contribution in [0.25, 0.3) is 27.1 Å². The van der Waals surface area contributed by atoms with E-state index >= 15 is 0 Å². The minimum atomic E-state index is -1.05. The number of nitrogens with zero attached hydrogens (tertiary/aromatic N) is 4. The van der Waals surface area contributed by atoms with E-state index in [0.717, 1.165) is 12.8 Å². The van der Waals surface area contributed by atoms with E-state index in [1.807, 2.05) is 40.0 Å². The number of esters is 2. The lowest BCUT2D eigenvalue weighted by atomic mass is 9.77. The van der Waals surface area contributed by atoms with Crippen molar-refractivity contribution >= 4 is 62.6 Å². The second-order valence-corrected chi connectivity index (χ2v) is 19.1. The number of fused-ring (bicyclic) bond motifs is 2. The first-order chi connectivity index (χ1) is 28.0. The molecule has 13 nitrogen and oxygen atoms in total. The number of thiazole rings is 1. The van der Waals surface area contributed by atoms with Gasteiger partial charge in [-0.25, -0.2) is 16.5 Å². The van der Waals surface area contributed by atoms with Crippen molar-refractivity contribution in [3.8, 4) is 22.9 Å². The van der Waals surface area contributed by atoms with E-state index in [1.54, 1.807) is 24.3 Å². The second kappa shape index (κ2) is 16.7. The number of hydrogen-bond acceptors (Lipinski definition) is 12. The highest BCUT2D eigenvalue weighted by Gasteiger charge is 2.61. The van der Waals surface area contributed by atoms with Crippen LogP contribution in [-0.2, 0) is 28.7 Å². The van der Waals surface area contributed by atoms with Crippen molar-refractivity contribution in [3.63, 3.8) is 0 Å². The SMILES string of the molecule is [C-]#[N+]COc1ccc2c(O[C@@H]3CC(C(=O)C[C@]4(C(=O)OC)C[C@H]4C=C)N(C(=O)[C@@H](CC(=O)OC4C[C@@H]5C[C@@H]5C4)C(C)(C)C)C3)cc(-c3csc(NC(C)C)n3)nc2c1Cl. The molecule has 8 atom stereocenters. The Morgan fingerprint density at radius 2 is 1.85 bits per heavy atom. The van der Waals surface area contributed by atoms with Gasteiger partial charge in [0.15, 0.2) is 10.9 Å². The lowest BCUT2D eigenvalue weighted by molar-refractivity contribution is -0.157. The predicted octanol–water partition coefficient (Wildman–Crippen LogP) is 8.15. The van der Waals surface area contributed by atoms with E-state index in [-0.39, 0.29) is 73.1 Å². The van der Waals surface area contributed by atoms with Crippen molar-refractivity contribution in [1.29, 1.82) is 0 Å². The summed E-state index contributed by atoms with van der Waals surface area (Å²) in [5, 5.41) is 6.63. The molecular formula is C44H52ClN5O8S. The lowest BCUT2D eigenvalue weighted by Gasteiger charge is -2.35. The number of amides is 1. The van der Waals surface area contributed by atoms with Gasteiger partial charge in [-0.05, 0) is 74.8 Å². The predicted molar refractivity (Wildman–Crippen MR) is 224 cm³/mol. The first kappa shape index (κ1) is 42.4. The van der Waals surface area contributed by atoms with Crippen LogP contribution in [0.2, 0.25) is 5.02 Å². The molecule has 3 saturated carbocycles. The normalized spacial score (nSPS) is 26.1. The largest absolute Gasteiger partial charge is 0.488 e. The smallest absolute Gasteiger partial charge is 0.357 e. The first-order valence-electron chi connectivity index (χ1n) is 20.3. The summed E-state index contributed by atoms with van der Waals surface area (Å²) in [4.78, 5) is 70.3. The molecule has 3 aromatic rings. The molecule has 0 radical (unpaired) electrons. The number of benzene rings is 1. The van der Waals surface area contributed by atoms with Gasteiger partial charge in [0.05, 0.1) is 48.7 Å². The average molecular weight is 846 g/mol. The maximum atomic E-state index is 14.9. The third kappa shape index (κ3) is 8.92. The molecule has 0 spiro atoms. The van der Waals surface area contributed by atoms with Gasteiger partial charge in [0, 0.05) is 35.7 Å². The molecule has 3 heterocycles. The van der Waals surface area contributed by atoms with Crippen LogP contribution in [0.15, 0.2) is 36.2 Å². The molecule has 1 amide bonds. The van der Waals surface area contributed by atoms with Crippen molar-refractivity contribution in [2.24, 2.45) is 34.5 Å². The van der Waals surface area contributed by atoms with E-state index in [2.05, 4.69) is 16.7 Å². The number of ketones is 1. The zero-order valence-electron chi connectivity index (χ0n) is 34.4. The molecule has 1 N–H and O–H groups in total. The standard InChI is InChI=1S/C44H52ClN5O8S/c1-9-26-18-44(26,41(54)55-8)19-34(51)33-15-28(20-50(33)40(53)30(43(4,5)6)16-37(52)58-27-13-24-12-25(24)14-27)57-36-17-31(32-21-59-42(49-32)47-23(2)3)48-39-29(36)10-11-35(38(39)45)56-22-46-7/h9-11,17,21,23-28,30,33H,1,12-16,18-20,22H2,2-6,8H3,(H,47,49)/t24-,25+,26-,27?,28-,30-,33?,44-/m1/s1. The van der Waals surface area contributed by atoms with E-state index in [9.17, 15) is 19.2 Å². The molecular weight excluding hydrogens is 794 g/mol. The zero-order valence-corrected chi connectivity index (χ0v) is 36.0. The fourth-order valence-electron chi connectivity index (χ4n) is 8.87. The van der Waals surface area contributed by atoms with Gasteiger partial charge in [0.2, 0.25) is 5.91 Å². The number of pyridine rings is 1. The summed E-state index contributed by atoms with van der Waals surface area (Å²) in [6.07, 6.45) is 4.08. The number of ether oxygens (including phenoxy) is 4. The number of anilines is 1. The molecule has 59 heavy (non-hydrogen) atoms. The fourth-order valence-corrected chi connectivity index (χ4v) is 9.98. The Labute approximate surface area is 354 Å². The molecule has 4 aliphatic rings. The Morgan fingerprint density at radius 1 is 1.10 bits per heavy atom. The van der Waals surface area contributed by atoms with E-state index in [4.69, 9.17) is 47.1 Å². The number of nitrogens with one attached hydrogen (secondary N) is 1. The monoisotopic (exact) mass is 845 g/mol. The van der Waals surface area contributed by atoms with Crippen molar-refractivity contribution in [2.45, 2.75) is 104 Å². The molecule has 1 aliphatic heterocycles. The molecule has 314 valence electrons. The fraction of sp³-hybridized carbons (Fsp3) is 0.568. The van der Waals surface area contributed by atoms with E-state index in [1.165, 1.54) is 29.8 Å². The van der Waals surface area contributed by atoms with Crippen LogP contribution in [-0.4, -0.2) is 83.2 Å². The summed E-state index contributed by atoms with van der Waals surface area (Å²) >= 11 is 8.31. The molecule has 2 unspecified atom stereocenters. The summed E-state index contributed by atoms with van der Waals surface area (Å²) in [5.74, 6) is -0.639. The minimum absolute atomic E-state index is 0.0389. The molecule has 7 rings (SSSR count). The quantitative estimate of drug-likeness (QED) is 0.0845. The summed E-state index contributed by atoms with van der Waals surface area (Å²) < 4.78 is 23.4. The highest BCUT2D eigenvalue weighted by molar-refractivity contribution is 7.14. The van der Waals surface area contributed by atoms with Gasteiger partial charge in [-0.1, -0.05) is 38.4 Å². The van der Waals surface area contributed by atoms with E-state index < -0.39 is 40.8 Å². The van der Waals surface area contributed by atoms with Gasteiger partial charge in [0.1, 0.15) is 34.4 Å². The Kier molecular flexibility index (Phi) is 12.0. The van der Waals surface area contributed by atoms with Gasteiger partial charge in [-0.3, -0.25) is 24.0 Å². The van der Waals surface area contributed by atoms with Gasteiger partial charge >= 0.3 is 18.7 Å².